The molecule has 6 nitrogen and oxygen atoms in total. The third-order valence-corrected chi connectivity index (χ3v) is 3.04. The Kier molecular flexibility index (Phi) is 5.37. The maximum Gasteiger partial charge on any atom is 0.299 e. The summed E-state index contributed by atoms with van der Waals surface area (Å²) in [5.41, 5.74) is 0. The second-order valence-corrected chi connectivity index (χ2v) is 5.97. The van der Waals surface area contributed by atoms with Gasteiger partial charge in [0.25, 0.3) is 5.96 Å². The molecule has 0 atom stereocenters. The van der Waals surface area contributed by atoms with Gasteiger partial charge in [0, 0.05) is 33.3 Å². The van der Waals surface area contributed by atoms with Gasteiger partial charge in [0.2, 0.25) is 0 Å². The van der Waals surface area contributed by atoms with E-state index in [0.29, 0.717) is 17.4 Å². The fourth-order valence-corrected chi connectivity index (χ4v) is 2.23. The molecule has 0 aliphatic rings. The second kappa shape index (κ2) is 5.60. The minimum Gasteiger partial charge on any atom is -0.748 e. The maximum absolute atomic E-state index is 10.5. The lowest BCUT2D eigenvalue weighted by atomic mass is 10.4. The van der Waals surface area contributed by atoms with Crippen LogP contribution >= 0.6 is 0 Å². The number of hydrogen-bond donors (Lipinski definition) is 0. The summed E-state index contributed by atoms with van der Waals surface area (Å²) in [6.07, 6.45) is 0.339. The first-order chi connectivity index (χ1) is 7.10. The Bertz CT molecular complexity index is 347. The predicted molar refractivity (Wildman–Crippen MR) is 63.2 cm³/mol. The van der Waals surface area contributed by atoms with Crippen LogP contribution in [0.2, 0.25) is 0 Å². The molecule has 0 aliphatic heterocycles. The largest absolute Gasteiger partial charge is 0.748 e. The molecule has 0 saturated carbocycles. The first-order valence-electron chi connectivity index (χ1n) is 5.01. The van der Waals surface area contributed by atoms with Gasteiger partial charge in [0.05, 0.1) is 30.8 Å². The van der Waals surface area contributed by atoms with Crippen molar-refractivity contribution in [2.75, 3.05) is 47.5 Å². The van der Waals surface area contributed by atoms with Gasteiger partial charge >= 0.3 is 0 Å². The predicted octanol–water partition coefficient (Wildman–Crippen LogP) is -0.454. The summed E-state index contributed by atoms with van der Waals surface area (Å²) < 4.78 is 31.9. The van der Waals surface area contributed by atoms with Gasteiger partial charge in [0.15, 0.2) is 0 Å². The first-order valence-corrected chi connectivity index (χ1v) is 6.59. The van der Waals surface area contributed by atoms with Gasteiger partial charge in [-0.05, 0) is 0 Å². The number of guanidine groups is 1. The van der Waals surface area contributed by atoms with Gasteiger partial charge < -0.3 is 9.45 Å². The van der Waals surface area contributed by atoms with Crippen LogP contribution in [0.3, 0.4) is 0 Å². The van der Waals surface area contributed by atoms with Gasteiger partial charge in [-0.2, -0.15) is 0 Å². The topological polar surface area (TPSA) is 72.8 Å². The Balaban J connectivity index is 4.46. The van der Waals surface area contributed by atoms with Crippen LogP contribution in [0.25, 0.3) is 0 Å². The van der Waals surface area contributed by atoms with Crippen LogP contribution in [0.15, 0.2) is 4.99 Å². The van der Waals surface area contributed by atoms with E-state index in [2.05, 4.69) is 4.99 Å². The van der Waals surface area contributed by atoms with E-state index >= 15 is 0 Å². The van der Waals surface area contributed by atoms with Crippen LogP contribution in [-0.2, 0) is 10.1 Å². The van der Waals surface area contributed by atoms with Gasteiger partial charge in [-0.3, -0.25) is 4.48 Å². The summed E-state index contributed by atoms with van der Waals surface area (Å²) in [5.74, 6) is 0.516. The molecule has 0 saturated heterocycles. The van der Waals surface area contributed by atoms with Crippen molar-refractivity contribution in [3.8, 4) is 0 Å². The zero-order valence-electron chi connectivity index (χ0n) is 10.6. The molecule has 0 heterocycles. The maximum atomic E-state index is 10.5. The van der Waals surface area contributed by atoms with E-state index in [9.17, 15) is 13.0 Å². The summed E-state index contributed by atoms with van der Waals surface area (Å²) in [5, 5.41) is 0. The average Bonchev–Trinajstić information content (AvgIpc) is 1.99. The van der Waals surface area contributed by atoms with Crippen molar-refractivity contribution in [1.29, 1.82) is 0 Å². The van der Waals surface area contributed by atoms with E-state index in [-0.39, 0.29) is 5.75 Å². The molecule has 7 heteroatoms. The Morgan fingerprint density at radius 3 is 2.19 bits per heavy atom. The SMILES string of the molecule is CN=C(N(C)C)[N+](C)(C)CCCS(=O)(=O)[O-]. The van der Waals surface area contributed by atoms with Crippen molar-refractivity contribution >= 4 is 16.1 Å². The summed E-state index contributed by atoms with van der Waals surface area (Å²) in [7, 11) is 5.21. The number of hydrogen-bond acceptors (Lipinski definition) is 4. The molecular weight excluding hydrogens is 230 g/mol. The van der Waals surface area contributed by atoms with E-state index in [4.69, 9.17) is 0 Å². The number of quaternary nitrogens is 1. The molecule has 0 N–H and O–H groups in total. The quantitative estimate of drug-likeness (QED) is 0.293. The van der Waals surface area contributed by atoms with Gasteiger partial charge in [-0.15, -0.1) is 0 Å². The normalized spacial score (nSPS) is 14.0. The lowest BCUT2D eigenvalue weighted by molar-refractivity contribution is -0.805. The number of nitrogens with zero attached hydrogens (tertiary/aromatic N) is 3. The molecule has 0 aromatic carbocycles. The molecule has 0 unspecified atom stereocenters. The van der Waals surface area contributed by atoms with Gasteiger partial charge in [-0.25, -0.2) is 13.4 Å². The molecule has 0 spiro atoms. The zero-order valence-corrected chi connectivity index (χ0v) is 11.4. The highest BCUT2D eigenvalue weighted by atomic mass is 32.2. The van der Waals surface area contributed by atoms with Crippen molar-refractivity contribution in [2.45, 2.75) is 6.42 Å². The second-order valence-electron chi connectivity index (χ2n) is 4.44. The third-order valence-electron chi connectivity index (χ3n) is 2.25. The molecule has 0 rings (SSSR count). The van der Waals surface area contributed by atoms with Crippen molar-refractivity contribution in [3.05, 3.63) is 0 Å². The fraction of sp³-hybridized carbons (Fsp3) is 0.889. The minimum atomic E-state index is -4.11. The van der Waals surface area contributed by atoms with Crippen LogP contribution < -0.4 is 0 Å². The van der Waals surface area contributed by atoms with Crippen molar-refractivity contribution in [2.24, 2.45) is 4.99 Å². The highest BCUT2D eigenvalue weighted by Gasteiger charge is 2.25. The minimum absolute atomic E-state index is 0.320. The van der Waals surface area contributed by atoms with Crippen LogP contribution in [0, 0.1) is 0 Å². The molecule has 16 heavy (non-hydrogen) atoms. The smallest absolute Gasteiger partial charge is 0.299 e. The Hall–Kier alpha value is -0.660. The average molecular weight is 251 g/mol. The van der Waals surface area contributed by atoms with Gasteiger partial charge in [0.1, 0.15) is 0 Å². The lowest BCUT2D eigenvalue weighted by Gasteiger charge is -2.33. The van der Waals surface area contributed by atoms with E-state index < -0.39 is 10.1 Å². The van der Waals surface area contributed by atoms with Crippen LogP contribution in [0.1, 0.15) is 6.42 Å². The number of rotatable bonds is 4. The lowest BCUT2D eigenvalue weighted by Crippen LogP contribution is -2.52. The standard InChI is InChI=1S/C9H21N3O3S/c1-10-9(11(2)3)12(4,5)7-6-8-16(13,14)15/h6-8H2,1-5H3. The third kappa shape index (κ3) is 5.43. The van der Waals surface area contributed by atoms with Crippen molar-refractivity contribution < 1.29 is 17.5 Å². The molecule has 96 valence electrons. The summed E-state index contributed by atoms with van der Waals surface area (Å²) >= 11 is 0. The molecule has 0 aromatic rings. The van der Waals surface area contributed by atoms with E-state index in [0.717, 1.165) is 5.96 Å². The molecule has 0 fully saturated rings. The monoisotopic (exact) mass is 251 g/mol. The summed E-state index contributed by atoms with van der Waals surface area (Å²) in [4.78, 5) is 6.04. The summed E-state index contributed by atoms with van der Waals surface area (Å²) in [6.45, 7) is 0.562. The van der Waals surface area contributed by atoms with E-state index in [1.165, 1.54) is 0 Å². The Morgan fingerprint density at radius 2 is 1.88 bits per heavy atom. The first kappa shape index (κ1) is 15.3. The molecule has 0 bridgehead atoms. The summed E-state index contributed by atoms with van der Waals surface area (Å²) in [6, 6.07) is 0. The van der Waals surface area contributed by atoms with Crippen LogP contribution in [0.5, 0.6) is 0 Å². The van der Waals surface area contributed by atoms with Crippen LogP contribution in [0.4, 0.5) is 0 Å². The molecule has 0 amide bonds. The number of aliphatic imine (C=N–C) groups is 1. The van der Waals surface area contributed by atoms with E-state index in [1.807, 2.05) is 33.1 Å². The molecule has 0 aromatic heterocycles. The fourth-order valence-electron chi connectivity index (χ4n) is 1.75. The van der Waals surface area contributed by atoms with Gasteiger partial charge in [-0.1, -0.05) is 0 Å². The van der Waals surface area contributed by atoms with Crippen molar-refractivity contribution in [1.82, 2.24) is 4.90 Å². The molecular formula is C9H21N3O3S. The molecule has 0 aliphatic carbocycles. The highest BCUT2D eigenvalue weighted by molar-refractivity contribution is 7.85. The van der Waals surface area contributed by atoms with Crippen LogP contribution in [-0.4, -0.2) is 75.8 Å². The Labute approximate surface area is 97.9 Å². The highest BCUT2D eigenvalue weighted by Crippen LogP contribution is 2.05. The van der Waals surface area contributed by atoms with Crippen molar-refractivity contribution in [3.63, 3.8) is 0 Å². The Morgan fingerprint density at radius 1 is 1.38 bits per heavy atom. The van der Waals surface area contributed by atoms with E-state index in [1.54, 1.807) is 7.05 Å². The molecule has 0 radical (unpaired) electrons. The zero-order chi connectivity index (χ0) is 13.0.